The van der Waals surface area contributed by atoms with Gasteiger partial charge in [0.25, 0.3) is 10.0 Å². The van der Waals surface area contributed by atoms with Crippen molar-refractivity contribution in [2.75, 3.05) is 17.6 Å². The van der Waals surface area contributed by atoms with Gasteiger partial charge in [-0.25, -0.2) is 8.42 Å². The largest absolute Gasteiger partial charge is 0.494 e. The molecular formula is C13H14N2O3S. The number of anilines is 2. The fourth-order valence-electron chi connectivity index (χ4n) is 1.60. The van der Waals surface area contributed by atoms with Gasteiger partial charge in [-0.2, -0.15) is 0 Å². The van der Waals surface area contributed by atoms with Gasteiger partial charge in [0, 0.05) is 11.8 Å². The molecule has 0 aliphatic rings. The Labute approximate surface area is 112 Å². The number of hydrogen-bond acceptors (Lipinski definition) is 4. The summed E-state index contributed by atoms with van der Waals surface area (Å²) in [5, 5.41) is 0. The van der Waals surface area contributed by atoms with Crippen molar-refractivity contribution in [3.63, 3.8) is 0 Å². The molecule has 0 fully saturated rings. The summed E-state index contributed by atoms with van der Waals surface area (Å²) in [6, 6.07) is 12.8. The first-order chi connectivity index (χ1) is 9.03. The zero-order valence-corrected chi connectivity index (χ0v) is 11.1. The number of nitrogen functional groups attached to an aromatic ring is 1. The van der Waals surface area contributed by atoms with Crippen LogP contribution in [0.1, 0.15) is 0 Å². The molecule has 2 rings (SSSR count). The minimum atomic E-state index is -3.63. The predicted octanol–water partition coefficient (Wildman–Crippen LogP) is 2.08. The molecule has 0 bridgehead atoms. The summed E-state index contributed by atoms with van der Waals surface area (Å²) < 4.78 is 31.9. The van der Waals surface area contributed by atoms with Gasteiger partial charge in [-0.3, -0.25) is 4.72 Å². The SMILES string of the molecule is COc1cc(N)ccc1NS(=O)(=O)c1ccccc1. The van der Waals surface area contributed by atoms with Crippen molar-refractivity contribution in [2.45, 2.75) is 4.90 Å². The van der Waals surface area contributed by atoms with Crippen molar-refractivity contribution in [1.29, 1.82) is 0 Å². The fraction of sp³-hybridized carbons (Fsp3) is 0.0769. The lowest BCUT2D eigenvalue weighted by atomic mass is 10.2. The van der Waals surface area contributed by atoms with Crippen molar-refractivity contribution < 1.29 is 13.2 Å². The van der Waals surface area contributed by atoms with Gasteiger partial charge in [-0.1, -0.05) is 18.2 Å². The van der Waals surface area contributed by atoms with Gasteiger partial charge in [0.05, 0.1) is 17.7 Å². The van der Waals surface area contributed by atoms with Crippen LogP contribution in [-0.4, -0.2) is 15.5 Å². The van der Waals surface area contributed by atoms with Crippen LogP contribution >= 0.6 is 0 Å². The Morgan fingerprint density at radius 1 is 1.11 bits per heavy atom. The quantitative estimate of drug-likeness (QED) is 0.839. The van der Waals surface area contributed by atoms with Gasteiger partial charge in [-0.05, 0) is 24.3 Å². The Kier molecular flexibility index (Phi) is 3.62. The van der Waals surface area contributed by atoms with Crippen LogP contribution in [0.4, 0.5) is 11.4 Å². The van der Waals surface area contributed by atoms with E-state index in [9.17, 15) is 8.42 Å². The minimum absolute atomic E-state index is 0.189. The number of methoxy groups -OCH3 is 1. The Balaban J connectivity index is 2.36. The molecule has 6 heteroatoms. The van der Waals surface area contributed by atoms with Crippen LogP contribution in [0.3, 0.4) is 0 Å². The number of benzene rings is 2. The summed E-state index contributed by atoms with van der Waals surface area (Å²) in [5.41, 5.74) is 6.47. The fourth-order valence-corrected chi connectivity index (χ4v) is 2.69. The van der Waals surface area contributed by atoms with Crippen LogP contribution in [0.5, 0.6) is 5.75 Å². The third-order valence-electron chi connectivity index (χ3n) is 2.52. The second-order valence-corrected chi connectivity index (χ2v) is 5.56. The molecule has 0 saturated heterocycles. The summed E-state index contributed by atoms with van der Waals surface area (Å²) >= 11 is 0. The van der Waals surface area contributed by atoms with Gasteiger partial charge >= 0.3 is 0 Å². The summed E-state index contributed by atoms with van der Waals surface area (Å²) in [5.74, 6) is 0.375. The summed E-state index contributed by atoms with van der Waals surface area (Å²) in [7, 11) is -2.18. The highest BCUT2D eigenvalue weighted by atomic mass is 32.2. The Morgan fingerprint density at radius 2 is 1.79 bits per heavy atom. The molecule has 0 radical (unpaired) electrons. The topological polar surface area (TPSA) is 81.4 Å². The zero-order chi connectivity index (χ0) is 13.9. The van der Waals surface area contributed by atoms with Crippen LogP contribution in [0.2, 0.25) is 0 Å². The normalized spacial score (nSPS) is 11.0. The average molecular weight is 278 g/mol. The number of hydrogen-bond donors (Lipinski definition) is 2. The first-order valence-corrected chi connectivity index (χ1v) is 7.02. The first-order valence-electron chi connectivity index (χ1n) is 5.54. The number of nitrogens with two attached hydrogens (primary N) is 1. The highest BCUT2D eigenvalue weighted by molar-refractivity contribution is 7.92. The maximum Gasteiger partial charge on any atom is 0.262 e. The van der Waals surface area contributed by atoms with E-state index in [2.05, 4.69) is 4.72 Å². The number of ether oxygens (including phenoxy) is 1. The van der Waals surface area contributed by atoms with Crippen molar-refractivity contribution in [2.24, 2.45) is 0 Å². The number of nitrogens with one attached hydrogen (secondary N) is 1. The molecule has 0 aliphatic carbocycles. The summed E-state index contributed by atoms with van der Waals surface area (Å²) in [4.78, 5) is 0.189. The highest BCUT2D eigenvalue weighted by Gasteiger charge is 2.15. The second-order valence-electron chi connectivity index (χ2n) is 3.88. The van der Waals surface area contributed by atoms with E-state index < -0.39 is 10.0 Å². The Bertz CT molecular complexity index is 670. The molecule has 2 aromatic rings. The third-order valence-corrected chi connectivity index (χ3v) is 3.90. The van der Waals surface area contributed by atoms with Crippen molar-refractivity contribution >= 4 is 21.4 Å². The molecule has 0 unspecified atom stereocenters. The van der Waals surface area contributed by atoms with E-state index >= 15 is 0 Å². The molecule has 0 aliphatic heterocycles. The number of rotatable bonds is 4. The van der Waals surface area contributed by atoms with E-state index in [0.29, 0.717) is 17.1 Å². The van der Waals surface area contributed by atoms with Gasteiger partial charge in [0.1, 0.15) is 5.75 Å². The molecule has 100 valence electrons. The lowest BCUT2D eigenvalue weighted by Gasteiger charge is -2.12. The Morgan fingerprint density at radius 3 is 2.42 bits per heavy atom. The number of sulfonamides is 1. The lowest BCUT2D eigenvalue weighted by Crippen LogP contribution is -2.13. The maximum absolute atomic E-state index is 12.2. The highest BCUT2D eigenvalue weighted by Crippen LogP contribution is 2.28. The van der Waals surface area contributed by atoms with Gasteiger partial charge in [0.15, 0.2) is 0 Å². The van der Waals surface area contributed by atoms with E-state index in [4.69, 9.17) is 10.5 Å². The predicted molar refractivity (Wildman–Crippen MR) is 74.7 cm³/mol. The van der Waals surface area contributed by atoms with E-state index in [1.165, 1.54) is 19.2 Å². The summed E-state index contributed by atoms with van der Waals surface area (Å²) in [6.45, 7) is 0. The van der Waals surface area contributed by atoms with Crippen LogP contribution in [0, 0.1) is 0 Å². The van der Waals surface area contributed by atoms with E-state index in [0.717, 1.165) is 0 Å². The molecule has 0 atom stereocenters. The summed E-state index contributed by atoms with van der Waals surface area (Å²) in [6.07, 6.45) is 0. The molecule has 0 heterocycles. The Hall–Kier alpha value is -2.21. The average Bonchev–Trinajstić information content (AvgIpc) is 2.41. The molecule has 19 heavy (non-hydrogen) atoms. The van der Waals surface area contributed by atoms with Crippen LogP contribution < -0.4 is 15.2 Å². The molecular weight excluding hydrogens is 264 g/mol. The minimum Gasteiger partial charge on any atom is -0.494 e. The van der Waals surface area contributed by atoms with Gasteiger partial charge in [-0.15, -0.1) is 0 Å². The molecule has 0 aromatic heterocycles. The van der Waals surface area contributed by atoms with E-state index in [1.54, 1.807) is 36.4 Å². The monoisotopic (exact) mass is 278 g/mol. The van der Waals surface area contributed by atoms with Gasteiger partial charge in [0.2, 0.25) is 0 Å². The van der Waals surface area contributed by atoms with Crippen LogP contribution in [0.25, 0.3) is 0 Å². The van der Waals surface area contributed by atoms with Gasteiger partial charge < -0.3 is 10.5 Å². The molecule has 0 spiro atoms. The molecule has 3 N–H and O–H groups in total. The molecule has 2 aromatic carbocycles. The standard InChI is InChI=1S/C13H14N2O3S/c1-18-13-9-10(14)7-8-12(13)15-19(16,17)11-5-3-2-4-6-11/h2-9,15H,14H2,1H3. The van der Waals surface area contributed by atoms with Crippen molar-refractivity contribution in [3.8, 4) is 5.75 Å². The van der Waals surface area contributed by atoms with Crippen LogP contribution in [0.15, 0.2) is 53.4 Å². The zero-order valence-electron chi connectivity index (χ0n) is 10.3. The van der Waals surface area contributed by atoms with Crippen molar-refractivity contribution in [3.05, 3.63) is 48.5 Å². The van der Waals surface area contributed by atoms with Crippen molar-refractivity contribution in [1.82, 2.24) is 0 Å². The first kappa shape index (κ1) is 13.2. The molecule has 5 nitrogen and oxygen atoms in total. The maximum atomic E-state index is 12.2. The van der Waals surface area contributed by atoms with Crippen LogP contribution in [-0.2, 0) is 10.0 Å². The smallest absolute Gasteiger partial charge is 0.262 e. The third kappa shape index (κ3) is 2.97. The molecule has 0 amide bonds. The van der Waals surface area contributed by atoms with E-state index in [-0.39, 0.29) is 4.90 Å². The second kappa shape index (κ2) is 5.19. The van der Waals surface area contributed by atoms with E-state index in [1.807, 2.05) is 0 Å². The molecule has 0 saturated carbocycles. The lowest BCUT2D eigenvalue weighted by molar-refractivity contribution is 0.417.